The maximum atomic E-state index is 10.8. The van der Waals surface area contributed by atoms with E-state index in [-0.39, 0.29) is 42.7 Å². The zero-order valence-electron chi connectivity index (χ0n) is 10.9. The fourth-order valence-electron chi connectivity index (χ4n) is 1.52. The van der Waals surface area contributed by atoms with Crippen molar-refractivity contribution in [3.8, 4) is 0 Å². The molecule has 0 aromatic rings. The molecule has 0 aliphatic heterocycles. The smallest absolute Gasteiger partial charge is 0.544 e. The number of ether oxygens (including phenoxy) is 1. The molecule has 92 valence electrons. The Hall–Kier alpha value is -0.360. The number of aliphatic carboxylic acids is 1. The minimum atomic E-state index is -1.08. The van der Waals surface area contributed by atoms with Crippen molar-refractivity contribution in [1.82, 2.24) is 0 Å². The van der Waals surface area contributed by atoms with E-state index in [2.05, 4.69) is 6.58 Å². The van der Waals surface area contributed by atoms with Crippen LogP contribution < -0.4 is 34.7 Å². The topological polar surface area (TPSA) is 66.4 Å². The molecule has 6 heteroatoms. The summed E-state index contributed by atoms with van der Waals surface area (Å²) >= 11 is 0. The van der Waals surface area contributed by atoms with Gasteiger partial charge in [0.15, 0.2) is 0 Å². The fourth-order valence-corrected chi connectivity index (χ4v) is 1.52. The molecule has 0 saturated carbocycles. The number of carbonyl (C=O) groups is 2. The van der Waals surface area contributed by atoms with Crippen LogP contribution in [0, 0.1) is 0 Å². The third kappa shape index (κ3) is 7.54. The van der Waals surface area contributed by atoms with Gasteiger partial charge in [0.05, 0.1) is 19.1 Å². The maximum absolute atomic E-state index is 10.8. The van der Waals surface area contributed by atoms with Gasteiger partial charge in [-0.25, -0.2) is 4.79 Å². The quantitative estimate of drug-likeness (QED) is 0.193. The molecule has 0 saturated heterocycles. The summed E-state index contributed by atoms with van der Waals surface area (Å²) in [5.74, 6) is -1.57. The molecule has 0 atom stereocenters. The van der Waals surface area contributed by atoms with Crippen molar-refractivity contribution in [1.29, 1.82) is 0 Å². The van der Waals surface area contributed by atoms with E-state index in [1.54, 1.807) is 0 Å². The van der Waals surface area contributed by atoms with Crippen molar-refractivity contribution in [2.45, 2.75) is 13.8 Å². The molecule has 0 N–H and O–H groups in total. The molecule has 0 aliphatic rings. The first-order valence-electron chi connectivity index (χ1n) is 5.33. The summed E-state index contributed by atoms with van der Waals surface area (Å²) in [5, 5.41) is 10.6. The maximum Gasteiger partial charge on any atom is 1.00 e. The van der Waals surface area contributed by atoms with Gasteiger partial charge in [0.2, 0.25) is 0 Å². The molecule has 5 nitrogen and oxygen atoms in total. The number of hydrogen-bond acceptors (Lipinski definition) is 4. The first-order chi connectivity index (χ1) is 7.49. The molecule has 0 bridgehead atoms. The number of nitrogens with zero attached hydrogens (tertiary/aromatic N) is 1. The number of rotatable bonds is 8. The van der Waals surface area contributed by atoms with E-state index in [1.807, 2.05) is 13.8 Å². The molecule has 0 aromatic heterocycles. The van der Waals surface area contributed by atoms with Crippen LogP contribution in [0.3, 0.4) is 0 Å². The predicted molar refractivity (Wildman–Crippen MR) is 57.2 cm³/mol. The SMILES string of the molecule is C=CC(=O)OCC[N+](CC)(CC)CC(=O)[O-].[Na+]. The molecule has 0 rings (SSSR count). The minimum absolute atomic E-state index is 0. The molecular weight excluding hydrogens is 233 g/mol. The van der Waals surface area contributed by atoms with E-state index >= 15 is 0 Å². The number of carboxylic acids is 1. The summed E-state index contributed by atoms with van der Waals surface area (Å²) in [6, 6.07) is 0. The van der Waals surface area contributed by atoms with Crippen LogP contribution in [0.4, 0.5) is 0 Å². The van der Waals surface area contributed by atoms with Crippen LogP contribution >= 0.6 is 0 Å². The molecule has 0 aromatic carbocycles. The van der Waals surface area contributed by atoms with Crippen molar-refractivity contribution in [3.63, 3.8) is 0 Å². The average Bonchev–Trinajstić information content (AvgIpc) is 2.26. The van der Waals surface area contributed by atoms with Gasteiger partial charge < -0.3 is 19.1 Å². The Labute approximate surface area is 124 Å². The zero-order chi connectivity index (χ0) is 12.6. The van der Waals surface area contributed by atoms with E-state index in [4.69, 9.17) is 4.74 Å². The Morgan fingerprint density at radius 3 is 2.24 bits per heavy atom. The summed E-state index contributed by atoms with van der Waals surface area (Å²) in [6.07, 6.45) is 1.09. The van der Waals surface area contributed by atoms with Crippen LogP contribution in [-0.4, -0.2) is 49.2 Å². The van der Waals surface area contributed by atoms with Crippen LogP contribution in [0.5, 0.6) is 0 Å². The fraction of sp³-hybridized carbons (Fsp3) is 0.636. The van der Waals surface area contributed by atoms with Gasteiger partial charge in [-0.3, -0.25) is 0 Å². The molecule has 0 fully saturated rings. The Kier molecular flexibility index (Phi) is 10.8. The van der Waals surface area contributed by atoms with E-state index in [1.165, 1.54) is 0 Å². The summed E-state index contributed by atoms with van der Waals surface area (Å²) < 4.78 is 5.20. The largest absolute Gasteiger partial charge is 1.00 e. The zero-order valence-corrected chi connectivity index (χ0v) is 12.9. The Balaban J connectivity index is 0. The number of esters is 1. The molecule has 0 amide bonds. The van der Waals surface area contributed by atoms with Crippen LogP contribution in [0.25, 0.3) is 0 Å². The normalized spacial score (nSPS) is 10.2. The number of hydrogen-bond donors (Lipinski definition) is 0. The van der Waals surface area contributed by atoms with Crippen LogP contribution in [0.15, 0.2) is 12.7 Å². The Morgan fingerprint density at radius 1 is 1.35 bits per heavy atom. The van der Waals surface area contributed by atoms with Crippen molar-refractivity contribution >= 4 is 11.9 Å². The molecule has 0 unspecified atom stereocenters. The van der Waals surface area contributed by atoms with E-state index < -0.39 is 11.9 Å². The van der Waals surface area contributed by atoms with Crippen LogP contribution in [0.1, 0.15) is 13.8 Å². The monoisotopic (exact) mass is 252 g/mol. The number of carbonyl (C=O) groups excluding carboxylic acids is 2. The van der Waals surface area contributed by atoms with E-state index in [0.29, 0.717) is 24.1 Å². The number of carboxylic acid groups (broad SMARTS) is 1. The number of quaternary nitrogens is 1. The van der Waals surface area contributed by atoms with Crippen molar-refractivity contribution in [3.05, 3.63) is 12.7 Å². The molecule has 0 aliphatic carbocycles. The first kappa shape index (κ1) is 19.0. The second-order valence-electron chi connectivity index (χ2n) is 3.60. The molecular formula is C11H19NNaO4+. The summed E-state index contributed by atoms with van der Waals surface area (Å²) in [6.45, 7) is 9.03. The van der Waals surface area contributed by atoms with Crippen LogP contribution in [-0.2, 0) is 14.3 Å². The van der Waals surface area contributed by atoms with Gasteiger partial charge in [-0.05, 0) is 13.8 Å². The minimum Gasteiger partial charge on any atom is -0.544 e. The van der Waals surface area contributed by atoms with Crippen molar-refractivity contribution < 1.29 is 53.5 Å². The van der Waals surface area contributed by atoms with Gasteiger partial charge in [-0.2, -0.15) is 0 Å². The van der Waals surface area contributed by atoms with Gasteiger partial charge in [-0.1, -0.05) is 6.58 Å². The van der Waals surface area contributed by atoms with Crippen LogP contribution in [0.2, 0.25) is 0 Å². The standard InChI is InChI=1S/C11H19NO4.Na/c1-4-11(15)16-8-7-12(5-2,6-3)9-10(13)14;/h4H,1,5-9H2,2-3H3;/q;+1. The average molecular weight is 252 g/mol. The third-order valence-electron chi connectivity index (χ3n) is 2.78. The predicted octanol–water partition coefficient (Wildman–Crippen LogP) is -3.67. The summed E-state index contributed by atoms with van der Waals surface area (Å²) in [5.41, 5.74) is 0. The second-order valence-corrected chi connectivity index (χ2v) is 3.60. The third-order valence-corrected chi connectivity index (χ3v) is 2.78. The summed E-state index contributed by atoms with van der Waals surface area (Å²) in [4.78, 5) is 21.5. The second kappa shape index (κ2) is 9.65. The Morgan fingerprint density at radius 2 is 1.88 bits per heavy atom. The van der Waals surface area contributed by atoms with E-state index in [9.17, 15) is 14.7 Å². The first-order valence-corrected chi connectivity index (χ1v) is 5.33. The molecule has 0 heterocycles. The van der Waals surface area contributed by atoms with Gasteiger partial charge >= 0.3 is 35.5 Å². The van der Waals surface area contributed by atoms with Gasteiger partial charge in [-0.15, -0.1) is 0 Å². The van der Waals surface area contributed by atoms with Crippen molar-refractivity contribution in [2.75, 3.05) is 32.8 Å². The van der Waals surface area contributed by atoms with Gasteiger partial charge in [0.25, 0.3) is 0 Å². The van der Waals surface area contributed by atoms with Crippen molar-refractivity contribution in [2.24, 2.45) is 0 Å². The van der Waals surface area contributed by atoms with E-state index in [0.717, 1.165) is 6.08 Å². The molecule has 0 spiro atoms. The summed E-state index contributed by atoms with van der Waals surface area (Å²) in [7, 11) is 0. The molecule has 17 heavy (non-hydrogen) atoms. The Bertz CT molecular complexity index is 264. The number of likely N-dealkylation sites (N-methyl/N-ethyl adjacent to an activating group) is 1. The van der Waals surface area contributed by atoms with Gasteiger partial charge in [0.1, 0.15) is 19.7 Å². The molecule has 0 radical (unpaired) electrons. The van der Waals surface area contributed by atoms with Gasteiger partial charge in [0, 0.05) is 6.08 Å².